The second-order valence-electron chi connectivity index (χ2n) is 5.37. The van der Waals surface area contributed by atoms with Crippen LogP contribution in [0, 0.1) is 5.92 Å². The highest BCUT2D eigenvalue weighted by molar-refractivity contribution is 5.57. The van der Waals surface area contributed by atoms with E-state index >= 15 is 0 Å². The average Bonchev–Trinajstić information content (AvgIpc) is 2.95. The summed E-state index contributed by atoms with van der Waals surface area (Å²) >= 11 is 0. The molecule has 0 saturated carbocycles. The Morgan fingerprint density at radius 3 is 2.95 bits per heavy atom. The number of aromatic nitrogens is 3. The van der Waals surface area contributed by atoms with Crippen molar-refractivity contribution in [1.82, 2.24) is 20.5 Å². The first-order valence-electron chi connectivity index (χ1n) is 7.21. The lowest BCUT2D eigenvalue weighted by atomic mass is 9.91. The van der Waals surface area contributed by atoms with Gasteiger partial charge in [-0.25, -0.2) is 14.9 Å². The molecule has 7 heteroatoms. The van der Waals surface area contributed by atoms with E-state index in [2.05, 4.69) is 32.7 Å². The number of nitrogens with zero attached hydrogens (tertiary/aromatic N) is 2. The van der Waals surface area contributed by atoms with Gasteiger partial charge < -0.3 is 15.1 Å². The van der Waals surface area contributed by atoms with Gasteiger partial charge in [0.2, 0.25) is 5.89 Å². The van der Waals surface area contributed by atoms with E-state index < -0.39 is 5.76 Å². The monoisotopic (exact) mass is 289 g/mol. The number of anilines is 1. The zero-order valence-electron chi connectivity index (χ0n) is 11.9. The third-order valence-electron chi connectivity index (χ3n) is 3.91. The maximum atomic E-state index is 11.0. The van der Waals surface area contributed by atoms with Crippen LogP contribution in [-0.4, -0.2) is 34.3 Å². The molecule has 3 heterocycles. The minimum Gasteiger partial charge on any atom is -0.388 e. The SMILES string of the molecule is CC(Nc1cc(-c2n[nH]c(=O)o2)ccn1)C1CCNCC1. The van der Waals surface area contributed by atoms with Gasteiger partial charge in [0.1, 0.15) is 5.82 Å². The fourth-order valence-electron chi connectivity index (χ4n) is 2.69. The summed E-state index contributed by atoms with van der Waals surface area (Å²) in [6.07, 6.45) is 4.02. The molecule has 1 saturated heterocycles. The fraction of sp³-hybridized carbons (Fsp3) is 0.500. The largest absolute Gasteiger partial charge is 0.434 e. The van der Waals surface area contributed by atoms with Crippen LogP contribution >= 0.6 is 0 Å². The predicted molar refractivity (Wildman–Crippen MR) is 79.0 cm³/mol. The van der Waals surface area contributed by atoms with Crippen LogP contribution in [0.4, 0.5) is 5.82 Å². The molecular weight excluding hydrogens is 270 g/mol. The van der Waals surface area contributed by atoms with E-state index in [4.69, 9.17) is 4.42 Å². The van der Waals surface area contributed by atoms with Crippen LogP contribution < -0.4 is 16.4 Å². The quantitative estimate of drug-likeness (QED) is 0.783. The first kappa shape index (κ1) is 13.8. The highest BCUT2D eigenvalue weighted by atomic mass is 16.4. The molecule has 0 radical (unpaired) electrons. The Morgan fingerprint density at radius 1 is 1.43 bits per heavy atom. The van der Waals surface area contributed by atoms with Gasteiger partial charge in [-0.1, -0.05) is 0 Å². The van der Waals surface area contributed by atoms with Gasteiger partial charge >= 0.3 is 5.76 Å². The van der Waals surface area contributed by atoms with Crippen LogP contribution in [0.3, 0.4) is 0 Å². The van der Waals surface area contributed by atoms with E-state index in [-0.39, 0.29) is 5.89 Å². The molecule has 2 aromatic rings. The van der Waals surface area contributed by atoms with Crippen molar-refractivity contribution < 1.29 is 4.42 Å². The van der Waals surface area contributed by atoms with E-state index in [1.54, 1.807) is 12.3 Å². The molecule has 21 heavy (non-hydrogen) atoms. The maximum absolute atomic E-state index is 11.0. The van der Waals surface area contributed by atoms with Gasteiger partial charge in [-0.05, 0) is 50.9 Å². The first-order valence-corrected chi connectivity index (χ1v) is 7.21. The van der Waals surface area contributed by atoms with E-state index in [1.165, 1.54) is 12.8 Å². The molecule has 0 aromatic carbocycles. The van der Waals surface area contributed by atoms with Crippen molar-refractivity contribution in [2.24, 2.45) is 5.92 Å². The Labute approximate surface area is 122 Å². The van der Waals surface area contributed by atoms with Crippen LogP contribution in [0.25, 0.3) is 11.5 Å². The standard InChI is InChI=1S/C14H19N5O2/c1-9(10-2-5-15-6-3-10)17-12-8-11(4-7-16-12)13-18-19-14(20)21-13/h4,7-10,15H,2-3,5-6H2,1H3,(H,16,17)(H,19,20). The van der Waals surface area contributed by atoms with E-state index in [0.29, 0.717) is 12.0 Å². The minimum atomic E-state index is -0.556. The topological polar surface area (TPSA) is 95.8 Å². The van der Waals surface area contributed by atoms with Crippen LogP contribution in [-0.2, 0) is 0 Å². The van der Waals surface area contributed by atoms with Gasteiger partial charge in [-0.15, -0.1) is 5.10 Å². The van der Waals surface area contributed by atoms with Crippen molar-refractivity contribution >= 4 is 5.82 Å². The number of hydrogen-bond acceptors (Lipinski definition) is 6. The van der Waals surface area contributed by atoms with Crippen LogP contribution in [0.2, 0.25) is 0 Å². The van der Waals surface area contributed by atoms with E-state index in [9.17, 15) is 4.79 Å². The molecule has 0 spiro atoms. The normalized spacial score (nSPS) is 17.6. The van der Waals surface area contributed by atoms with Crippen LogP contribution in [0.5, 0.6) is 0 Å². The molecule has 7 nitrogen and oxygen atoms in total. The van der Waals surface area contributed by atoms with E-state index in [0.717, 1.165) is 24.5 Å². The summed E-state index contributed by atoms with van der Waals surface area (Å²) in [5.74, 6) is 1.13. The number of pyridine rings is 1. The van der Waals surface area contributed by atoms with Gasteiger partial charge in [0, 0.05) is 17.8 Å². The van der Waals surface area contributed by atoms with Crippen molar-refractivity contribution in [2.75, 3.05) is 18.4 Å². The van der Waals surface area contributed by atoms with Crippen molar-refractivity contribution in [3.8, 4) is 11.5 Å². The molecule has 0 aliphatic carbocycles. The highest BCUT2D eigenvalue weighted by Crippen LogP contribution is 2.22. The van der Waals surface area contributed by atoms with Crippen molar-refractivity contribution in [1.29, 1.82) is 0 Å². The van der Waals surface area contributed by atoms with Gasteiger partial charge in [0.05, 0.1) is 0 Å². The molecule has 2 aromatic heterocycles. The number of aromatic amines is 1. The summed E-state index contributed by atoms with van der Waals surface area (Å²) in [4.78, 5) is 15.3. The van der Waals surface area contributed by atoms with Gasteiger partial charge in [0.25, 0.3) is 0 Å². The number of rotatable bonds is 4. The Bertz CT molecular complexity index is 645. The lowest BCUT2D eigenvalue weighted by Crippen LogP contribution is -2.36. The molecule has 3 rings (SSSR count). The summed E-state index contributed by atoms with van der Waals surface area (Å²) in [7, 11) is 0. The Kier molecular flexibility index (Phi) is 4.01. The van der Waals surface area contributed by atoms with Gasteiger partial charge in [-0.3, -0.25) is 0 Å². The molecular formula is C14H19N5O2. The highest BCUT2D eigenvalue weighted by Gasteiger charge is 2.20. The molecule has 1 fully saturated rings. The summed E-state index contributed by atoms with van der Waals surface area (Å²) in [6.45, 7) is 4.32. The molecule has 0 bridgehead atoms. The smallest absolute Gasteiger partial charge is 0.388 e. The van der Waals surface area contributed by atoms with Crippen molar-refractivity contribution in [3.05, 3.63) is 28.9 Å². The van der Waals surface area contributed by atoms with Gasteiger partial charge in [-0.2, -0.15) is 0 Å². The number of piperidine rings is 1. The predicted octanol–water partition coefficient (Wildman–Crippen LogP) is 1.22. The van der Waals surface area contributed by atoms with Crippen LogP contribution in [0.1, 0.15) is 19.8 Å². The Balaban J connectivity index is 1.72. The summed E-state index contributed by atoms with van der Waals surface area (Å²) < 4.78 is 4.96. The molecule has 0 amide bonds. The molecule has 112 valence electrons. The summed E-state index contributed by atoms with van der Waals surface area (Å²) in [5.41, 5.74) is 0.725. The fourth-order valence-corrected chi connectivity index (χ4v) is 2.69. The minimum absolute atomic E-state index is 0.278. The van der Waals surface area contributed by atoms with Crippen molar-refractivity contribution in [2.45, 2.75) is 25.8 Å². The summed E-state index contributed by atoms with van der Waals surface area (Å²) in [6, 6.07) is 3.96. The maximum Gasteiger partial charge on any atom is 0.434 e. The first-order chi connectivity index (χ1) is 10.2. The van der Waals surface area contributed by atoms with E-state index in [1.807, 2.05) is 6.07 Å². The number of H-pyrrole nitrogens is 1. The van der Waals surface area contributed by atoms with Gasteiger partial charge in [0.15, 0.2) is 0 Å². The molecule has 1 aliphatic rings. The second kappa shape index (κ2) is 6.09. The summed E-state index contributed by atoms with van der Waals surface area (Å²) in [5, 5.41) is 12.9. The molecule has 3 N–H and O–H groups in total. The lowest BCUT2D eigenvalue weighted by Gasteiger charge is -2.29. The zero-order valence-corrected chi connectivity index (χ0v) is 11.9. The third kappa shape index (κ3) is 3.30. The van der Waals surface area contributed by atoms with Crippen LogP contribution in [0.15, 0.2) is 27.5 Å². The molecule has 1 unspecified atom stereocenters. The number of hydrogen-bond donors (Lipinski definition) is 3. The average molecular weight is 289 g/mol. The molecule has 1 atom stereocenters. The second-order valence-corrected chi connectivity index (χ2v) is 5.37. The van der Waals surface area contributed by atoms with Crippen molar-refractivity contribution in [3.63, 3.8) is 0 Å². The Hall–Kier alpha value is -2.15. The Morgan fingerprint density at radius 2 is 2.24 bits per heavy atom. The number of nitrogens with one attached hydrogen (secondary N) is 3. The molecule has 1 aliphatic heterocycles. The third-order valence-corrected chi connectivity index (χ3v) is 3.91. The lowest BCUT2D eigenvalue weighted by molar-refractivity contribution is 0.342. The zero-order chi connectivity index (χ0) is 14.7.